The highest BCUT2D eigenvalue weighted by molar-refractivity contribution is 5.89. The summed E-state index contributed by atoms with van der Waals surface area (Å²) < 4.78 is 29.7. The summed E-state index contributed by atoms with van der Waals surface area (Å²) in [6.45, 7) is 2.80. The van der Waals surface area contributed by atoms with E-state index in [-0.39, 0.29) is 24.5 Å². The van der Waals surface area contributed by atoms with Crippen LogP contribution in [0.25, 0.3) is 0 Å². The predicted octanol–water partition coefficient (Wildman–Crippen LogP) is 4.24. The summed E-state index contributed by atoms with van der Waals surface area (Å²) in [6.07, 6.45) is 1.82. The van der Waals surface area contributed by atoms with Crippen LogP contribution in [0.2, 0.25) is 0 Å². The normalized spacial score (nSPS) is 10.2. The van der Waals surface area contributed by atoms with E-state index in [1.807, 2.05) is 37.3 Å². The molecule has 2 rings (SSSR count). The van der Waals surface area contributed by atoms with Gasteiger partial charge in [-0.2, -0.15) is 0 Å². The number of carbonyl (C=O) groups excluding carboxylic acids is 1. The Bertz CT molecular complexity index is 643. The molecule has 0 heterocycles. The monoisotopic (exact) mass is 332 g/mol. The molecule has 0 bridgehead atoms. The fraction of sp³-hybridized carbons (Fsp3) is 0.316. The van der Waals surface area contributed by atoms with E-state index in [9.17, 15) is 9.18 Å². The van der Waals surface area contributed by atoms with Crippen LogP contribution in [0, 0.1) is 5.82 Å². The predicted molar refractivity (Wildman–Crippen MR) is 89.0 cm³/mol. The summed E-state index contributed by atoms with van der Waals surface area (Å²) in [4.78, 5) is 11.9. The van der Waals surface area contributed by atoms with E-state index in [2.05, 4.69) is 0 Å². The zero-order valence-corrected chi connectivity index (χ0v) is 13.7. The number of carbonyl (C=O) groups is 1. The molecule has 0 unspecified atom stereocenters. The second-order valence-electron chi connectivity index (χ2n) is 5.14. The van der Waals surface area contributed by atoms with Crippen LogP contribution in [-0.2, 0) is 4.74 Å². The molecule has 0 N–H and O–H groups in total. The lowest BCUT2D eigenvalue weighted by Crippen LogP contribution is -2.12. The number of rotatable bonds is 9. The molecule has 0 spiro atoms. The van der Waals surface area contributed by atoms with Gasteiger partial charge in [0.25, 0.3) is 0 Å². The molecular formula is C19H21FO4. The van der Waals surface area contributed by atoms with E-state index in [0.29, 0.717) is 12.4 Å². The van der Waals surface area contributed by atoms with Gasteiger partial charge in [0, 0.05) is 0 Å². The number of para-hydroxylation sites is 1. The fourth-order valence-electron chi connectivity index (χ4n) is 1.97. The average molecular weight is 332 g/mol. The molecule has 5 heteroatoms. The minimum atomic E-state index is -0.592. The van der Waals surface area contributed by atoms with Crippen LogP contribution in [0.4, 0.5) is 4.39 Å². The standard InChI is InChI=1S/C19H21FO4/c1-2-3-11-23-18-10-9-15(14-17(18)20)19(21)24-13-12-22-16-7-5-4-6-8-16/h4-10,14H,2-3,11-13H2,1H3. The molecule has 4 nitrogen and oxygen atoms in total. The molecule has 2 aromatic rings. The third-order valence-corrected chi connectivity index (χ3v) is 3.25. The Hall–Kier alpha value is -2.56. The van der Waals surface area contributed by atoms with Crippen molar-refractivity contribution in [3.05, 3.63) is 59.9 Å². The molecule has 0 fully saturated rings. The maximum absolute atomic E-state index is 13.9. The average Bonchev–Trinajstić information content (AvgIpc) is 2.61. The molecule has 24 heavy (non-hydrogen) atoms. The lowest BCUT2D eigenvalue weighted by Gasteiger charge is -2.09. The van der Waals surface area contributed by atoms with Crippen molar-refractivity contribution in [2.45, 2.75) is 19.8 Å². The van der Waals surface area contributed by atoms with Crippen molar-refractivity contribution in [1.29, 1.82) is 0 Å². The quantitative estimate of drug-likeness (QED) is 0.509. The lowest BCUT2D eigenvalue weighted by atomic mass is 10.2. The maximum atomic E-state index is 13.9. The van der Waals surface area contributed by atoms with Crippen LogP contribution in [0.5, 0.6) is 11.5 Å². The van der Waals surface area contributed by atoms with Crippen LogP contribution in [0.15, 0.2) is 48.5 Å². The van der Waals surface area contributed by atoms with Crippen LogP contribution in [0.1, 0.15) is 30.1 Å². The van der Waals surface area contributed by atoms with E-state index in [0.717, 1.165) is 18.9 Å². The first-order valence-corrected chi connectivity index (χ1v) is 7.98. The van der Waals surface area contributed by atoms with Crippen molar-refractivity contribution in [3.8, 4) is 11.5 Å². The lowest BCUT2D eigenvalue weighted by molar-refractivity contribution is 0.0450. The van der Waals surface area contributed by atoms with Crippen LogP contribution in [0.3, 0.4) is 0 Å². The summed E-state index contributed by atoms with van der Waals surface area (Å²) in [5.74, 6) is -0.313. The van der Waals surface area contributed by atoms with E-state index >= 15 is 0 Å². The minimum Gasteiger partial charge on any atom is -0.491 e. The van der Waals surface area contributed by atoms with Crippen molar-refractivity contribution >= 4 is 5.97 Å². The fourth-order valence-corrected chi connectivity index (χ4v) is 1.97. The molecule has 0 aliphatic heterocycles. The zero-order valence-electron chi connectivity index (χ0n) is 13.7. The van der Waals surface area contributed by atoms with Crippen molar-refractivity contribution in [1.82, 2.24) is 0 Å². The Morgan fingerprint density at radius 3 is 2.50 bits per heavy atom. The van der Waals surface area contributed by atoms with Crippen molar-refractivity contribution in [2.24, 2.45) is 0 Å². The highest BCUT2D eigenvalue weighted by atomic mass is 19.1. The molecule has 2 aromatic carbocycles. The second-order valence-corrected chi connectivity index (χ2v) is 5.14. The van der Waals surface area contributed by atoms with E-state index in [1.165, 1.54) is 12.1 Å². The summed E-state index contributed by atoms with van der Waals surface area (Å²) in [7, 11) is 0. The molecule has 0 radical (unpaired) electrons. The highest BCUT2D eigenvalue weighted by Gasteiger charge is 2.11. The molecule has 0 aromatic heterocycles. The van der Waals surface area contributed by atoms with Gasteiger partial charge >= 0.3 is 5.97 Å². The molecule has 0 atom stereocenters. The van der Waals surface area contributed by atoms with Gasteiger partial charge in [-0.05, 0) is 36.8 Å². The summed E-state index contributed by atoms with van der Waals surface area (Å²) >= 11 is 0. The highest BCUT2D eigenvalue weighted by Crippen LogP contribution is 2.19. The number of hydrogen-bond acceptors (Lipinski definition) is 4. The van der Waals surface area contributed by atoms with Crippen molar-refractivity contribution in [3.63, 3.8) is 0 Å². The topological polar surface area (TPSA) is 44.8 Å². The van der Waals surface area contributed by atoms with Gasteiger partial charge in [0.05, 0.1) is 12.2 Å². The summed E-state index contributed by atoms with van der Waals surface area (Å²) in [6, 6.07) is 13.3. The van der Waals surface area contributed by atoms with Crippen LogP contribution >= 0.6 is 0 Å². The van der Waals surface area contributed by atoms with Gasteiger partial charge in [-0.1, -0.05) is 31.5 Å². The van der Waals surface area contributed by atoms with Gasteiger partial charge in [-0.3, -0.25) is 0 Å². The molecular weight excluding hydrogens is 311 g/mol. The van der Waals surface area contributed by atoms with Crippen LogP contribution in [-0.4, -0.2) is 25.8 Å². The van der Waals surface area contributed by atoms with Crippen molar-refractivity contribution in [2.75, 3.05) is 19.8 Å². The largest absolute Gasteiger partial charge is 0.491 e. The number of unbranched alkanes of at least 4 members (excludes halogenated alkanes) is 1. The van der Waals surface area contributed by atoms with Gasteiger partial charge in [-0.15, -0.1) is 0 Å². The third kappa shape index (κ3) is 5.57. The first-order chi connectivity index (χ1) is 11.7. The minimum absolute atomic E-state index is 0.0874. The number of halogens is 1. The van der Waals surface area contributed by atoms with E-state index in [1.54, 1.807) is 0 Å². The first-order valence-electron chi connectivity index (χ1n) is 7.98. The molecule has 0 saturated heterocycles. The van der Waals surface area contributed by atoms with Crippen molar-refractivity contribution < 1.29 is 23.4 Å². The Balaban J connectivity index is 1.78. The van der Waals surface area contributed by atoms with Gasteiger partial charge in [0.2, 0.25) is 0 Å². The SMILES string of the molecule is CCCCOc1ccc(C(=O)OCCOc2ccccc2)cc1F. The van der Waals surface area contributed by atoms with E-state index < -0.39 is 11.8 Å². The smallest absolute Gasteiger partial charge is 0.338 e. The molecule has 128 valence electrons. The maximum Gasteiger partial charge on any atom is 0.338 e. The number of ether oxygens (including phenoxy) is 3. The second kappa shape index (κ2) is 9.55. The van der Waals surface area contributed by atoms with Gasteiger partial charge < -0.3 is 14.2 Å². The zero-order chi connectivity index (χ0) is 17.2. The molecule has 0 aliphatic rings. The van der Waals surface area contributed by atoms with Crippen LogP contribution < -0.4 is 9.47 Å². The Labute approximate surface area is 141 Å². The Morgan fingerprint density at radius 1 is 1.00 bits per heavy atom. The first kappa shape index (κ1) is 17.8. The number of benzene rings is 2. The van der Waals surface area contributed by atoms with Gasteiger partial charge in [0.15, 0.2) is 11.6 Å². The molecule has 0 saturated carbocycles. The molecule has 0 aliphatic carbocycles. The van der Waals surface area contributed by atoms with Gasteiger partial charge in [-0.25, -0.2) is 9.18 Å². The third-order valence-electron chi connectivity index (χ3n) is 3.25. The van der Waals surface area contributed by atoms with Gasteiger partial charge in [0.1, 0.15) is 19.0 Å². The summed E-state index contributed by atoms with van der Waals surface area (Å²) in [5, 5.41) is 0. The number of hydrogen-bond donors (Lipinski definition) is 0. The molecule has 0 amide bonds. The summed E-state index contributed by atoms with van der Waals surface area (Å²) in [5.41, 5.74) is 0.148. The Morgan fingerprint density at radius 2 is 1.79 bits per heavy atom. The van der Waals surface area contributed by atoms with E-state index in [4.69, 9.17) is 14.2 Å². The Kier molecular flexibility index (Phi) is 7.08. The number of esters is 1.